The number of hydrogen-bond donors (Lipinski definition) is 8. The summed E-state index contributed by atoms with van der Waals surface area (Å²) in [7, 11) is 3.22. The first-order valence-electron chi connectivity index (χ1n) is 29.0. The number of allylic oxidation sites excluding steroid dienone is 2. The van der Waals surface area contributed by atoms with E-state index in [1.165, 1.54) is 6.07 Å². The summed E-state index contributed by atoms with van der Waals surface area (Å²) in [6, 6.07) is 5.64. The standard InChI is InChI=1S/C48H72O14.C15H10O7/c1-11-25(2)43-28(5)17-18-47(62-43)23-34-20-33(61-47)16-15-27(4)42(26(3)13-12-14-32-24-55-45-40(49)29(6)19-35(46(51)58-34)48(32,45)52)59-39-22-37(54-10)44(31(8)57-39)60-38-21-36(53-9)41(50)30(7)56-38;16-7-4-10(19)12-11(5-7)22-15(14(21)13(12)20)6-1-2-8(17)9(18)3-6/h12-15,17-19,25-26,28,30-31,33-45,49-50,52H,11,16,20-24H2,1-10H3;1-5,16-19,21H. The number of esters is 1. The maximum atomic E-state index is 14.3. The molecule has 3 aromatic rings. The van der Waals surface area contributed by atoms with Crippen molar-refractivity contribution in [3.8, 4) is 40.1 Å². The molecule has 0 amide bonds. The van der Waals surface area contributed by atoms with Gasteiger partial charge < -0.3 is 92.6 Å². The molecule has 84 heavy (non-hydrogen) atoms. The number of hydrogen-bond acceptors (Lipinski definition) is 21. The topological polar surface area (TPSA) is 301 Å². The lowest BCUT2D eigenvalue weighted by molar-refractivity contribution is -0.318. The predicted octanol–water partition coefficient (Wildman–Crippen LogP) is 7.37. The van der Waals surface area contributed by atoms with Crippen LogP contribution in [0.2, 0.25) is 0 Å². The van der Waals surface area contributed by atoms with Gasteiger partial charge in [-0.2, -0.15) is 0 Å². The molecule has 1 aromatic heterocycles. The van der Waals surface area contributed by atoms with E-state index in [0.717, 1.165) is 36.3 Å². The van der Waals surface area contributed by atoms with Crippen molar-refractivity contribution in [1.29, 1.82) is 0 Å². The van der Waals surface area contributed by atoms with Crippen molar-refractivity contribution in [3.63, 3.8) is 0 Å². The van der Waals surface area contributed by atoms with Gasteiger partial charge in [0.2, 0.25) is 11.2 Å². The number of phenols is 4. The predicted molar refractivity (Wildman–Crippen MR) is 304 cm³/mol. The molecule has 2 aromatic carbocycles. The van der Waals surface area contributed by atoms with Gasteiger partial charge in [0, 0.05) is 69.4 Å². The SMILES string of the molecule is CCC(C)C1OC2(C=CC1C)CC1CC(CC=C(C)C(OC3CC(OC)C(OC4CC(OC)C(O)C(C)O4)C(C)O3)C(C)C=CC=C3COC4C(O)C(C)=CC(C(=O)O1)C34O)O2.O=c1c(O)c(-c2ccc(O)c(O)c2)oc2cc(O)cc(O)c12. The highest BCUT2D eigenvalue weighted by Crippen LogP contribution is 2.48. The van der Waals surface area contributed by atoms with E-state index >= 15 is 0 Å². The lowest BCUT2D eigenvalue weighted by Crippen LogP contribution is -2.58. The number of carbonyl (C=O) groups is 1. The minimum Gasteiger partial charge on any atom is -0.508 e. The normalized spacial score (nSPS) is 37.5. The Labute approximate surface area is 488 Å². The van der Waals surface area contributed by atoms with Crippen LogP contribution in [0, 0.1) is 23.7 Å². The Morgan fingerprint density at radius 3 is 2.23 bits per heavy atom. The van der Waals surface area contributed by atoms with Gasteiger partial charge in [0.1, 0.15) is 64.5 Å². The number of ether oxygens (including phenoxy) is 10. The second kappa shape index (κ2) is 25.7. The zero-order valence-corrected chi connectivity index (χ0v) is 49.2. The highest BCUT2D eigenvalue weighted by Gasteiger charge is 2.60. The Balaban J connectivity index is 0.000000320. The molecule has 4 fully saturated rings. The van der Waals surface area contributed by atoms with Crippen LogP contribution in [0.15, 0.2) is 98.8 Å². The van der Waals surface area contributed by atoms with Crippen LogP contribution in [-0.2, 0) is 52.2 Å². The minimum atomic E-state index is -1.84. The van der Waals surface area contributed by atoms with Crippen LogP contribution in [0.3, 0.4) is 0 Å². The molecule has 0 saturated carbocycles. The van der Waals surface area contributed by atoms with Crippen molar-refractivity contribution in [2.75, 3.05) is 20.8 Å². The molecule has 4 saturated heterocycles. The zero-order chi connectivity index (χ0) is 60.7. The zero-order valence-electron chi connectivity index (χ0n) is 49.2. The molecular weight excluding hydrogens is 1090 g/mol. The second-order valence-electron chi connectivity index (χ2n) is 23.6. The van der Waals surface area contributed by atoms with Crippen LogP contribution < -0.4 is 5.43 Å². The van der Waals surface area contributed by atoms with Crippen LogP contribution in [0.25, 0.3) is 22.3 Å². The molecule has 6 aliphatic heterocycles. The monoisotopic (exact) mass is 1170 g/mol. The van der Waals surface area contributed by atoms with Gasteiger partial charge >= 0.3 is 5.97 Å². The molecule has 460 valence electrons. The number of benzene rings is 2. The van der Waals surface area contributed by atoms with Gasteiger partial charge in [-0.05, 0) is 81.0 Å². The highest BCUT2D eigenvalue weighted by molar-refractivity contribution is 5.88. The van der Waals surface area contributed by atoms with E-state index in [2.05, 4.69) is 39.8 Å². The summed E-state index contributed by atoms with van der Waals surface area (Å²) < 4.78 is 69.0. The third kappa shape index (κ3) is 12.8. The third-order valence-electron chi connectivity index (χ3n) is 17.7. The first kappa shape index (κ1) is 62.9. The van der Waals surface area contributed by atoms with E-state index < -0.39 is 113 Å². The summed E-state index contributed by atoms with van der Waals surface area (Å²) in [4.78, 5) is 26.5. The average molecular weight is 1180 g/mol. The molecule has 7 heterocycles. The summed E-state index contributed by atoms with van der Waals surface area (Å²) in [5, 5.41) is 81.9. The first-order valence-corrected chi connectivity index (χ1v) is 29.0. The van der Waals surface area contributed by atoms with Crippen molar-refractivity contribution >= 4 is 16.9 Å². The Morgan fingerprint density at radius 1 is 0.798 bits per heavy atom. The maximum absolute atomic E-state index is 14.3. The molecule has 20 atom stereocenters. The highest BCUT2D eigenvalue weighted by atomic mass is 16.7. The number of aliphatic hydroxyl groups is 3. The fraction of sp³-hybridized carbons (Fsp3) is 0.587. The number of fused-ring (bicyclic) bond motifs is 3. The van der Waals surface area contributed by atoms with E-state index in [1.54, 1.807) is 40.2 Å². The minimum absolute atomic E-state index is 0.0317. The van der Waals surface area contributed by atoms with Crippen LogP contribution in [0.5, 0.6) is 28.7 Å². The number of methoxy groups -OCH3 is 2. The average Bonchev–Trinajstić information content (AvgIpc) is 1.72. The van der Waals surface area contributed by atoms with Gasteiger partial charge in [-0.25, -0.2) is 0 Å². The van der Waals surface area contributed by atoms with E-state index in [9.17, 15) is 50.4 Å². The fourth-order valence-corrected chi connectivity index (χ4v) is 12.7. The maximum Gasteiger partial charge on any atom is 0.316 e. The largest absolute Gasteiger partial charge is 0.508 e. The number of aromatic hydroxyl groups is 5. The summed E-state index contributed by atoms with van der Waals surface area (Å²) in [6.07, 6.45) is 8.55. The van der Waals surface area contributed by atoms with Crippen LogP contribution in [-0.4, -0.2) is 165 Å². The van der Waals surface area contributed by atoms with E-state index in [1.807, 2.05) is 32.1 Å². The quantitative estimate of drug-likeness (QED) is 0.0589. The molecule has 0 radical (unpaired) electrons. The Hall–Kier alpha value is -5.66. The van der Waals surface area contributed by atoms with Crippen LogP contribution in [0.4, 0.5) is 0 Å². The molecule has 1 aliphatic carbocycles. The van der Waals surface area contributed by atoms with Gasteiger partial charge in [0.25, 0.3) is 0 Å². The summed E-state index contributed by atoms with van der Waals surface area (Å²) in [5.74, 6) is -5.28. The van der Waals surface area contributed by atoms with Crippen molar-refractivity contribution in [2.24, 2.45) is 23.7 Å². The van der Waals surface area contributed by atoms with Crippen molar-refractivity contribution < 1.29 is 97.4 Å². The summed E-state index contributed by atoms with van der Waals surface area (Å²) >= 11 is 0. The fourth-order valence-electron chi connectivity index (χ4n) is 12.7. The Morgan fingerprint density at radius 2 is 1.51 bits per heavy atom. The molecule has 20 unspecified atom stereocenters. The van der Waals surface area contributed by atoms with Gasteiger partial charge in [-0.1, -0.05) is 70.6 Å². The van der Waals surface area contributed by atoms with Crippen molar-refractivity contribution in [1.82, 2.24) is 0 Å². The van der Waals surface area contributed by atoms with Crippen molar-refractivity contribution in [2.45, 2.75) is 191 Å². The van der Waals surface area contributed by atoms with Crippen LogP contribution in [0.1, 0.15) is 93.9 Å². The van der Waals surface area contributed by atoms with Gasteiger partial charge in [-0.15, -0.1) is 0 Å². The first-order chi connectivity index (χ1) is 39.9. The number of rotatable bonds is 9. The molecule has 7 aliphatic rings. The lowest BCUT2D eigenvalue weighted by Gasteiger charge is -2.48. The van der Waals surface area contributed by atoms with E-state index in [0.29, 0.717) is 43.3 Å². The molecule has 8 N–H and O–H groups in total. The van der Waals surface area contributed by atoms with E-state index in [4.69, 9.17) is 51.8 Å². The molecule has 1 spiro atoms. The molecular formula is C63H82O21. The lowest BCUT2D eigenvalue weighted by atomic mass is 9.71. The molecule has 2 bridgehead atoms. The summed E-state index contributed by atoms with van der Waals surface area (Å²) in [5.41, 5.74) is -0.756. The molecule has 10 rings (SSSR count). The number of carbonyl (C=O) groups excluding carboxylic acids is 1. The smallest absolute Gasteiger partial charge is 0.316 e. The Kier molecular flexibility index (Phi) is 19.3. The second-order valence-corrected chi connectivity index (χ2v) is 23.6. The molecule has 21 heteroatoms. The third-order valence-corrected chi connectivity index (χ3v) is 17.7. The molecule has 21 nitrogen and oxygen atoms in total. The van der Waals surface area contributed by atoms with Gasteiger partial charge in [0.15, 0.2) is 35.6 Å². The summed E-state index contributed by atoms with van der Waals surface area (Å²) in [6.45, 7) is 16.1. The van der Waals surface area contributed by atoms with Crippen molar-refractivity contribution in [3.05, 3.63) is 99.8 Å². The number of phenolic OH excluding ortho intramolecular Hbond substituents is 4. The van der Waals surface area contributed by atoms with Gasteiger partial charge in [0.05, 0.1) is 49.3 Å². The van der Waals surface area contributed by atoms with E-state index in [-0.39, 0.29) is 76.5 Å². The van der Waals surface area contributed by atoms with Crippen LogP contribution >= 0.6 is 0 Å². The Bertz CT molecular complexity index is 3070. The number of aliphatic hydroxyl groups excluding tert-OH is 2. The van der Waals surface area contributed by atoms with Gasteiger partial charge in [-0.3, -0.25) is 9.59 Å².